The highest BCUT2D eigenvalue weighted by atomic mass is 16.5. The minimum Gasteiger partial charge on any atom is -0.469 e. The lowest BCUT2D eigenvalue weighted by molar-refractivity contribution is -0.140. The first kappa shape index (κ1) is 11.1. The number of hydrogen-bond acceptors (Lipinski definition) is 3. The van der Waals surface area contributed by atoms with Gasteiger partial charge in [-0.2, -0.15) is 0 Å². The van der Waals surface area contributed by atoms with Gasteiger partial charge in [-0.05, 0) is 12.0 Å². The Balaban J connectivity index is 1.70. The average Bonchev–Trinajstić information content (AvgIpc) is 3.09. The number of methoxy groups -OCH3 is 1. The molecule has 3 heteroatoms. The lowest BCUT2D eigenvalue weighted by Gasteiger charge is -2.03. The van der Waals surface area contributed by atoms with E-state index in [9.17, 15) is 4.79 Å². The number of carbonyl (C=O) groups excluding carboxylic acids is 1. The van der Waals surface area contributed by atoms with Crippen LogP contribution in [0.25, 0.3) is 0 Å². The van der Waals surface area contributed by atoms with Gasteiger partial charge in [-0.1, -0.05) is 30.3 Å². The Morgan fingerprint density at radius 2 is 2.19 bits per heavy atom. The van der Waals surface area contributed by atoms with E-state index in [4.69, 9.17) is 0 Å². The van der Waals surface area contributed by atoms with E-state index in [0.717, 1.165) is 0 Å². The molecule has 0 saturated heterocycles. The molecule has 1 aliphatic rings. The van der Waals surface area contributed by atoms with Crippen molar-refractivity contribution in [2.45, 2.75) is 24.8 Å². The van der Waals surface area contributed by atoms with Gasteiger partial charge >= 0.3 is 5.97 Å². The summed E-state index contributed by atoms with van der Waals surface area (Å²) in [4.78, 5) is 10.9. The predicted molar refractivity (Wildman–Crippen MR) is 62.2 cm³/mol. The largest absolute Gasteiger partial charge is 0.469 e. The third-order valence-corrected chi connectivity index (χ3v) is 2.98. The zero-order chi connectivity index (χ0) is 11.4. The first-order valence-electron chi connectivity index (χ1n) is 5.66. The molecule has 0 aromatic heterocycles. The molecule has 16 heavy (non-hydrogen) atoms. The fourth-order valence-corrected chi connectivity index (χ4v) is 1.95. The molecule has 1 N–H and O–H groups in total. The number of esters is 1. The fourth-order valence-electron chi connectivity index (χ4n) is 1.95. The van der Waals surface area contributed by atoms with Gasteiger partial charge in [-0.15, -0.1) is 0 Å². The zero-order valence-corrected chi connectivity index (χ0v) is 9.48. The van der Waals surface area contributed by atoms with E-state index in [1.54, 1.807) is 0 Å². The minimum absolute atomic E-state index is 0.149. The summed E-state index contributed by atoms with van der Waals surface area (Å²) in [6, 6.07) is 11.0. The van der Waals surface area contributed by atoms with E-state index in [0.29, 0.717) is 24.9 Å². The smallest absolute Gasteiger partial charge is 0.306 e. The third-order valence-electron chi connectivity index (χ3n) is 2.98. The van der Waals surface area contributed by atoms with Crippen LogP contribution < -0.4 is 5.32 Å². The highest BCUT2D eigenvalue weighted by Crippen LogP contribution is 2.40. The summed E-state index contributed by atoms with van der Waals surface area (Å²) in [7, 11) is 1.42. The number of carbonyl (C=O) groups is 1. The van der Waals surface area contributed by atoms with E-state index >= 15 is 0 Å². The molecule has 1 saturated carbocycles. The standard InChI is InChI=1S/C13H17NO2/c1-16-13(15)7-8-14-12-9-11(12)10-5-3-2-4-6-10/h2-6,11-12,14H,7-9H2,1H3. The van der Waals surface area contributed by atoms with Crippen LogP contribution >= 0.6 is 0 Å². The van der Waals surface area contributed by atoms with Crippen LogP contribution in [0.1, 0.15) is 24.3 Å². The second-order valence-corrected chi connectivity index (χ2v) is 4.14. The first-order chi connectivity index (χ1) is 7.81. The van der Waals surface area contributed by atoms with E-state index in [1.165, 1.54) is 19.1 Å². The molecular formula is C13H17NO2. The first-order valence-corrected chi connectivity index (χ1v) is 5.66. The summed E-state index contributed by atoms with van der Waals surface area (Å²) in [6.07, 6.45) is 1.62. The molecule has 1 aromatic carbocycles. The lowest BCUT2D eigenvalue weighted by Crippen LogP contribution is -2.22. The maximum atomic E-state index is 10.9. The van der Waals surface area contributed by atoms with Crippen molar-refractivity contribution in [3.8, 4) is 0 Å². The van der Waals surface area contributed by atoms with Crippen LogP contribution in [-0.2, 0) is 9.53 Å². The van der Waals surface area contributed by atoms with Gasteiger partial charge in [0.2, 0.25) is 0 Å². The second-order valence-electron chi connectivity index (χ2n) is 4.14. The predicted octanol–water partition coefficient (Wildman–Crippen LogP) is 1.70. The summed E-state index contributed by atoms with van der Waals surface area (Å²) < 4.78 is 4.58. The van der Waals surface area contributed by atoms with Crippen molar-refractivity contribution in [3.05, 3.63) is 35.9 Å². The Morgan fingerprint density at radius 3 is 2.88 bits per heavy atom. The highest BCUT2D eigenvalue weighted by molar-refractivity contribution is 5.69. The van der Waals surface area contributed by atoms with Crippen LogP contribution in [0.5, 0.6) is 0 Å². The van der Waals surface area contributed by atoms with Crippen molar-refractivity contribution in [2.75, 3.05) is 13.7 Å². The average molecular weight is 219 g/mol. The highest BCUT2D eigenvalue weighted by Gasteiger charge is 2.37. The molecule has 3 nitrogen and oxygen atoms in total. The van der Waals surface area contributed by atoms with Crippen LogP contribution in [0, 0.1) is 0 Å². The molecule has 0 spiro atoms. The van der Waals surface area contributed by atoms with Crippen molar-refractivity contribution in [1.82, 2.24) is 5.32 Å². The van der Waals surface area contributed by atoms with Crippen LogP contribution in [0.15, 0.2) is 30.3 Å². The fraction of sp³-hybridized carbons (Fsp3) is 0.462. The third kappa shape index (κ3) is 2.83. The molecule has 0 heterocycles. The van der Waals surface area contributed by atoms with Crippen LogP contribution in [0.2, 0.25) is 0 Å². The van der Waals surface area contributed by atoms with Crippen molar-refractivity contribution in [3.63, 3.8) is 0 Å². The number of rotatable bonds is 5. The lowest BCUT2D eigenvalue weighted by atomic mass is 10.1. The van der Waals surface area contributed by atoms with Crippen LogP contribution in [0.3, 0.4) is 0 Å². The van der Waals surface area contributed by atoms with Crippen molar-refractivity contribution in [2.24, 2.45) is 0 Å². The van der Waals surface area contributed by atoms with Gasteiger partial charge in [0.25, 0.3) is 0 Å². The Labute approximate surface area is 95.8 Å². The van der Waals surface area contributed by atoms with Gasteiger partial charge in [-0.25, -0.2) is 0 Å². The molecule has 0 radical (unpaired) electrons. The molecule has 2 unspecified atom stereocenters. The van der Waals surface area contributed by atoms with Gasteiger partial charge in [0, 0.05) is 18.5 Å². The normalized spacial score (nSPS) is 22.8. The van der Waals surface area contributed by atoms with Crippen LogP contribution in [-0.4, -0.2) is 25.7 Å². The Hall–Kier alpha value is -1.35. The van der Waals surface area contributed by atoms with Gasteiger partial charge in [-0.3, -0.25) is 4.79 Å². The quantitative estimate of drug-likeness (QED) is 0.766. The van der Waals surface area contributed by atoms with Gasteiger partial charge in [0.1, 0.15) is 0 Å². The molecule has 1 fully saturated rings. The molecule has 2 atom stereocenters. The van der Waals surface area contributed by atoms with E-state index < -0.39 is 0 Å². The van der Waals surface area contributed by atoms with E-state index in [2.05, 4.69) is 34.3 Å². The molecule has 0 amide bonds. The summed E-state index contributed by atoms with van der Waals surface area (Å²) in [5.74, 6) is 0.475. The molecule has 86 valence electrons. The van der Waals surface area contributed by atoms with E-state index in [1.807, 2.05) is 6.07 Å². The summed E-state index contributed by atoms with van der Waals surface area (Å²) in [5.41, 5.74) is 1.39. The monoisotopic (exact) mass is 219 g/mol. The second kappa shape index (κ2) is 5.12. The zero-order valence-electron chi connectivity index (χ0n) is 9.48. The van der Waals surface area contributed by atoms with Gasteiger partial charge in [0.05, 0.1) is 13.5 Å². The number of hydrogen-bond donors (Lipinski definition) is 1. The van der Waals surface area contributed by atoms with Gasteiger partial charge < -0.3 is 10.1 Å². The topological polar surface area (TPSA) is 38.3 Å². The SMILES string of the molecule is COC(=O)CCNC1CC1c1ccccc1. The van der Waals surface area contributed by atoms with Crippen molar-refractivity contribution >= 4 is 5.97 Å². The van der Waals surface area contributed by atoms with E-state index in [-0.39, 0.29) is 5.97 Å². The molecule has 1 aliphatic carbocycles. The summed E-state index contributed by atoms with van der Waals surface area (Å²) >= 11 is 0. The number of benzene rings is 1. The van der Waals surface area contributed by atoms with Crippen LogP contribution in [0.4, 0.5) is 0 Å². The molecule has 0 aliphatic heterocycles. The number of nitrogens with one attached hydrogen (secondary N) is 1. The minimum atomic E-state index is -0.149. The molecule has 1 aromatic rings. The maximum absolute atomic E-state index is 10.9. The van der Waals surface area contributed by atoms with Crippen molar-refractivity contribution < 1.29 is 9.53 Å². The molecule has 2 rings (SSSR count). The van der Waals surface area contributed by atoms with Crippen molar-refractivity contribution in [1.29, 1.82) is 0 Å². The molecular weight excluding hydrogens is 202 g/mol. The Morgan fingerprint density at radius 1 is 1.44 bits per heavy atom. The summed E-state index contributed by atoms with van der Waals surface area (Å²) in [6.45, 7) is 0.709. The van der Waals surface area contributed by atoms with Gasteiger partial charge in [0.15, 0.2) is 0 Å². The molecule has 0 bridgehead atoms. The Bertz CT molecular complexity index is 350. The maximum Gasteiger partial charge on any atom is 0.306 e. The summed E-state index contributed by atoms with van der Waals surface area (Å²) in [5, 5.41) is 3.37. The number of ether oxygens (including phenoxy) is 1. The Kier molecular flexibility index (Phi) is 3.57.